The van der Waals surface area contributed by atoms with Gasteiger partial charge in [-0.1, -0.05) is 6.07 Å². The Morgan fingerprint density at radius 1 is 1.42 bits per heavy atom. The third-order valence-corrected chi connectivity index (χ3v) is 4.31. The van der Waals surface area contributed by atoms with Gasteiger partial charge in [-0.05, 0) is 52.5 Å². The van der Waals surface area contributed by atoms with E-state index in [4.69, 9.17) is 0 Å². The average Bonchev–Trinajstić information content (AvgIpc) is 2.91. The van der Waals surface area contributed by atoms with Crippen LogP contribution in [0.15, 0.2) is 40.2 Å². The summed E-state index contributed by atoms with van der Waals surface area (Å²) in [5, 5.41) is 1.98. The van der Waals surface area contributed by atoms with Crippen LogP contribution in [0.5, 0.6) is 0 Å². The van der Waals surface area contributed by atoms with E-state index in [9.17, 15) is 9.18 Å². The van der Waals surface area contributed by atoms with E-state index in [2.05, 4.69) is 15.9 Å². The highest BCUT2D eigenvalue weighted by Crippen LogP contribution is 2.21. The van der Waals surface area contributed by atoms with Gasteiger partial charge in [0.05, 0.1) is 12.1 Å². The molecule has 0 radical (unpaired) electrons. The molecule has 1 amide bonds. The maximum absolute atomic E-state index is 13.3. The summed E-state index contributed by atoms with van der Waals surface area (Å²) in [6.07, 6.45) is 0. The fraction of sp³-hybridized carbons (Fsp3) is 0.214. The second-order valence-electron chi connectivity index (χ2n) is 4.02. The molecular formula is C14H13BrFNOS. The van der Waals surface area contributed by atoms with Crippen LogP contribution in [-0.4, -0.2) is 17.4 Å². The number of hydrogen-bond donors (Lipinski definition) is 0. The molecule has 19 heavy (non-hydrogen) atoms. The Labute approximate surface area is 124 Å². The van der Waals surface area contributed by atoms with Gasteiger partial charge in [0, 0.05) is 15.9 Å². The van der Waals surface area contributed by atoms with E-state index in [0.717, 1.165) is 4.88 Å². The first-order chi connectivity index (χ1) is 9.11. The highest BCUT2D eigenvalue weighted by molar-refractivity contribution is 9.10. The summed E-state index contributed by atoms with van der Waals surface area (Å²) >= 11 is 4.90. The number of rotatable bonds is 4. The molecule has 1 aromatic heterocycles. The smallest absolute Gasteiger partial charge is 0.255 e. The first-order valence-electron chi connectivity index (χ1n) is 5.88. The fourth-order valence-corrected chi connectivity index (χ4v) is 2.89. The predicted molar refractivity (Wildman–Crippen MR) is 78.8 cm³/mol. The van der Waals surface area contributed by atoms with Gasteiger partial charge >= 0.3 is 0 Å². The molecule has 0 N–H and O–H groups in total. The van der Waals surface area contributed by atoms with Gasteiger partial charge in [0.15, 0.2) is 0 Å². The molecule has 2 aromatic rings. The lowest BCUT2D eigenvalue weighted by Crippen LogP contribution is -2.30. The van der Waals surface area contributed by atoms with Crippen LogP contribution >= 0.6 is 27.3 Å². The molecule has 0 bridgehead atoms. The van der Waals surface area contributed by atoms with Crippen molar-refractivity contribution in [3.63, 3.8) is 0 Å². The number of thiophene rings is 1. The molecule has 2 rings (SSSR count). The van der Waals surface area contributed by atoms with Gasteiger partial charge in [0.25, 0.3) is 5.91 Å². The molecule has 0 unspecified atom stereocenters. The number of amides is 1. The molecule has 0 saturated heterocycles. The van der Waals surface area contributed by atoms with Gasteiger partial charge in [-0.2, -0.15) is 0 Å². The summed E-state index contributed by atoms with van der Waals surface area (Å²) in [4.78, 5) is 15.2. The molecule has 0 fully saturated rings. The molecular weight excluding hydrogens is 329 g/mol. The van der Waals surface area contributed by atoms with E-state index in [0.29, 0.717) is 23.1 Å². The van der Waals surface area contributed by atoms with E-state index in [1.54, 1.807) is 22.3 Å². The van der Waals surface area contributed by atoms with E-state index in [1.165, 1.54) is 12.1 Å². The summed E-state index contributed by atoms with van der Waals surface area (Å²) in [5.41, 5.74) is 0.360. The SMILES string of the molecule is CCN(Cc1cccs1)C(=O)c1cc(F)ccc1Br. The minimum absolute atomic E-state index is 0.165. The normalized spacial score (nSPS) is 10.5. The molecule has 100 valence electrons. The van der Waals surface area contributed by atoms with Gasteiger partial charge in [-0.3, -0.25) is 4.79 Å². The minimum Gasteiger partial charge on any atom is -0.334 e. The molecule has 0 atom stereocenters. The molecule has 0 aliphatic heterocycles. The van der Waals surface area contributed by atoms with Crippen LogP contribution in [0.2, 0.25) is 0 Å². The van der Waals surface area contributed by atoms with Gasteiger partial charge in [0.1, 0.15) is 5.82 Å². The van der Waals surface area contributed by atoms with Crippen molar-refractivity contribution < 1.29 is 9.18 Å². The summed E-state index contributed by atoms with van der Waals surface area (Å²) < 4.78 is 13.9. The Hall–Kier alpha value is -1.20. The predicted octanol–water partition coefficient (Wildman–Crippen LogP) is 4.31. The molecule has 2 nitrogen and oxygen atoms in total. The first kappa shape index (κ1) is 14.2. The number of nitrogens with zero attached hydrogens (tertiary/aromatic N) is 1. The van der Waals surface area contributed by atoms with Gasteiger partial charge in [-0.15, -0.1) is 11.3 Å². The minimum atomic E-state index is -0.404. The lowest BCUT2D eigenvalue weighted by molar-refractivity contribution is 0.0753. The van der Waals surface area contributed by atoms with Crippen molar-refractivity contribution in [1.29, 1.82) is 0 Å². The van der Waals surface area contributed by atoms with Crippen molar-refractivity contribution in [1.82, 2.24) is 4.90 Å². The summed E-state index contributed by atoms with van der Waals surface area (Å²) in [7, 11) is 0. The van der Waals surface area contributed by atoms with E-state index < -0.39 is 5.82 Å². The van der Waals surface area contributed by atoms with Crippen LogP contribution in [0.25, 0.3) is 0 Å². The van der Waals surface area contributed by atoms with Crippen LogP contribution in [-0.2, 0) is 6.54 Å². The molecule has 0 saturated carbocycles. The Morgan fingerprint density at radius 2 is 2.21 bits per heavy atom. The molecule has 1 heterocycles. The van der Waals surface area contributed by atoms with Crippen LogP contribution in [0, 0.1) is 5.82 Å². The maximum atomic E-state index is 13.3. The Morgan fingerprint density at radius 3 is 2.84 bits per heavy atom. The fourth-order valence-electron chi connectivity index (χ4n) is 1.75. The van der Waals surface area contributed by atoms with Crippen molar-refractivity contribution in [2.75, 3.05) is 6.54 Å². The average molecular weight is 342 g/mol. The number of carbonyl (C=O) groups excluding carboxylic acids is 1. The van der Waals surface area contributed by atoms with Crippen molar-refractivity contribution >= 4 is 33.2 Å². The largest absolute Gasteiger partial charge is 0.334 e. The lowest BCUT2D eigenvalue weighted by Gasteiger charge is -2.20. The zero-order valence-electron chi connectivity index (χ0n) is 10.4. The maximum Gasteiger partial charge on any atom is 0.255 e. The van der Waals surface area contributed by atoms with Crippen molar-refractivity contribution in [3.8, 4) is 0 Å². The molecule has 1 aromatic carbocycles. The van der Waals surface area contributed by atoms with Gasteiger partial charge < -0.3 is 4.90 Å². The first-order valence-corrected chi connectivity index (χ1v) is 7.55. The summed E-state index contributed by atoms with van der Waals surface area (Å²) in [6, 6.07) is 8.10. The number of halogens is 2. The Kier molecular flexibility index (Phi) is 4.71. The monoisotopic (exact) mass is 341 g/mol. The van der Waals surface area contributed by atoms with E-state index in [-0.39, 0.29) is 5.91 Å². The summed E-state index contributed by atoms with van der Waals surface area (Å²) in [6.45, 7) is 3.05. The Bertz CT molecular complexity index is 571. The van der Waals surface area contributed by atoms with Crippen LogP contribution in [0.1, 0.15) is 22.2 Å². The molecule has 5 heteroatoms. The zero-order valence-corrected chi connectivity index (χ0v) is 12.8. The highest BCUT2D eigenvalue weighted by atomic mass is 79.9. The Balaban J connectivity index is 2.23. The molecule has 0 aliphatic carbocycles. The van der Waals surface area contributed by atoms with Crippen molar-refractivity contribution in [2.45, 2.75) is 13.5 Å². The third-order valence-electron chi connectivity index (χ3n) is 2.75. The van der Waals surface area contributed by atoms with E-state index >= 15 is 0 Å². The quantitative estimate of drug-likeness (QED) is 0.811. The topological polar surface area (TPSA) is 20.3 Å². The molecule has 0 spiro atoms. The van der Waals surface area contributed by atoms with Gasteiger partial charge in [0.2, 0.25) is 0 Å². The van der Waals surface area contributed by atoms with Crippen LogP contribution in [0.3, 0.4) is 0 Å². The number of hydrogen-bond acceptors (Lipinski definition) is 2. The zero-order chi connectivity index (χ0) is 13.8. The second-order valence-corrected chi connectivity index (χ2v) is 5.91. The number of benzene rings is 1. The number of carbonyl (C=O) groups is 1. The van der Waals surface area contributed by atoms with Crippen LogP contribution in [0.4, 0.5) is 4.39 Å². The highest BCUT2D eigenvalue weighted by Gasteiger charge is 2.18. The second kappa shape index (κ2) is 6.30. The van der Waals surface area contributed by atoms with E-state index in [1.807, 2.05) is 24.4 Å². The van der Waals surface area contributed by atoms with Crippen molar-refractivity contribution in [2.24, 2.45) is 0 Å². The van der Waals surface area contributed by atoms with Crippen LogP contribution < -0.4 is 0 Å². The lowest BCUT2D eigenvalue weighted by atomic mass is 10.2. The van der Waals surface area contributed by atoms with Crippen molar-refractivity contribution in [3.05, 3.63) is 56.4 Å². The summed E-state index contributed by atoms with van der Waals surface area (Å²) in [5.74, 6) is -0.569. The van der Waals surface area contributed by atoms with Gasteiger partial charge in [-0.25, -0.2) is 4.39 Å². The standard InChI is InChI=1S/C14H13BrFNOS/c1-2-17(9-11-4-3-7-19-11)14(18)12-8-10(16)5-6-13(12)15/h3-8H,2,9H2,1H3. The third kappa shape index (κ3) is 3.42. The molecule has 0 aliphatic rings.